The second kappa shape index (κ2) is 13.5. The minimum atomic E-state index is -2.35. The number of benzene rings is 1. The van der Waals surface area contributed by atoms with Gasteiger partial charge in [0.2, 0.25) is 16.7 Å². The van der Waals surface area contributed by atoms with Crippen LogP contribution in [-0.2, 0) is 6.42 Å². The van der Waals surface area contributed by atoms with Crippen LogP contribution in [0, 0.1) is 5.92 Å². The van der Waals surface area contributed by atoms with E-state index in [9.17, 15) is 8.78 Å². The molecule has 2 aromatic rings. The molecule has 1 aromatic heterocycles. The van der Waals surface area contributed by atoms with Gasteiger partial charge in [0.05, 0.1) is 0 Å². The molecule has 1 aliphatic rings. The molecule has 0 bridgehead atoms. The lowest BCUT2D eigenvalue weighted by atomic mass is 9.83. The average molecular weight is 502 g/mol. The number of halogens is 2. The number of aliphatic imine (C=N–C) groups is 1. The first-order chi connectivity index (χ1) is 16.9. The quantitative estimate of drug-likeness (QED) is 0.296. The third kappa shape index (κ3) is 7.95. The van der Waals surface area contributed by atoms with Crippen molar-refractivity contribution in [2.45, 2.75) is 77.2 Å². The van der Waals surface area contributed by atoms with Gasteiger partial charge in [0.15, 0.2) is 0 Å². The van der Waals surface area contributed by atoms with Crippen LogP contribution < -0.4 is 10.6 Å². The molecule has 1 atom stereocenters. The minimum absolute atomic E-state index is 0.000562. The molecule has 8 heteroatoms. The fourth-order valence-corrected chi connectivity index (χ4v) is 5.45. The third-order valence-corrected chi connectivity index (χ3v) is 7.29. The summed E-state index contributed by atoms with van der Waals surface area (Å²) in [6, 6.07) is 7.77. The summed E-state index contributed by atoms with van der Waals surface area (Å²) in [5.41, 5.74) is 3.61. The summed E-state index contributed by atoms with van der Waals surface area (Å²) >= 11 is 1.47. The van der Waals surface area contributed by atoms with E-state index in [0.29, 0.717) is 22.7 Å². The van der Waals surface area contributed by atoms with E-state index >= 15 is 0 Å². The number of anilines is 2. The Hall–Kier alpha value is -2.61. The highest BCUT2D eigenvalue weighted by Crippen LogP contribution is 2.32. The summed E-state index contributed by atoms with van der Waals surface area (Å²) in [6.07, 6.45) is 7.97. The molecule has 0 unspecified atom stereocenters. The second-order valence-corrected chi connectivity index (χ2v) is 9.99. The second-order valence-electron chi connectivity index (χ2n) is 9.02. The van der Waals surface area contributed by atoms with Crippen LogP contribution in [0.5, 0.6) is 0 Å². The van der Waals surface area contributed by atoms with E-state index in [1.165, 1.54) is 17.0 Å². The molecule has 0 amide bonds. The summed E-state index contributed by atoms with van der Waals surface area (Å²) in [7, 11) is 1.88. The van der Waals surface area contributed by atoms with E-state index in [1.54, 1.807) is 6.07 Å². The average Bonchev–Trinajstić information content (AvgIpc) is 3.27. The third-order valence-electron chi connectivity index (χ3n) is 6.52. The fraction of sp³-hybridized carbons (Fsp3) is 0.519. The van der Waals surface area contributed by atoms with Gasteiger partial charge in [0.25, 0.3) is 0 Å². The molecule has 1 fully saturated rings. The maximum absolute atomic E-state index is 12.8. The number of alkyl halides is 2. The minimum Gasteiger partial charge on any atom is -0.357 e. The Labute approximate surface area is 211 Å². The first-order valence-corrected chi connectivity index (χ1v) is 13.3. The lowest BCUT2D eigenvalue weighted by molar-refractivity contribution is 0.149. The Morgan fingerprint density at radius 1 is 1.20 bits per heavy atom. The number of aromatic nitrogens is 2. The van der Waals surface area contributed by atoms with Gasteiger partial charge < -0.3 is 10.6 Å². The summed E-state index contributed by atoms with van der Waals surface area (Å²) in [4.78, 5) is 4.49. The maximum Gasteiger partial charge on any atom is 0.242 e. The predicted molar refractivity (Wildman–Crippen MR) is 144 cm³/mol. The van der Waals surface area contributed by atoms with Crippen LogP contribution in [0.25, 0.3) is 0 Å². The zero-order valence-corrected chi connectivity index (χ0v) is 21.8. The largest absolute Gasteiger partial charge is 0.357 e. The molecule has 0 spiro atoms. The highest BCUT2D eigenvalue weighted by Gasteiger charge is 2.24. The molecule has 190 valence electrons. The van der Waals surface area contributed by atoms with E-state index in [0.717, 1.165) is 54.9 Å². The number of hydrogen-bond donors (Lipinski definition) is 2. The van der Waals surface area contributed by atoms with Crippen molar-refractivity contribution in [2.75, 3.05) is 17.7 Å². The molecule has 3 rings (SSSR count). The predicted octanol–water partition coefficient (Wildman–Crippen LogP) is 7.47. The lowest BCUT2D eigenvalue weighted by Crippen LogP contribution is -2.28. The van der Waals surface area contributed by atoms with Crippen molar-refractivity contribution in [3.05, 3.63) is 59.8 Å². The standard InChI is InChI=1S/C27H37F2N5S/c1-5-7-11-24(30-4)20-12-14-22(15-13-20)32-27-34-33-26(35-27)31-18(3)23(6-2)21-10-8-9-19(16-21)17-25(28)29/h7-11,16,20,22-23,25H,3,5-6,12-15,17H2,1-2,4H3,(H,31,33)(H,32,34)/b11-7-,30-24?/t20?,22?,23-/m1/s1. The van der Waals surface area contributed by atoms with Gasteiger partial charge >= 0.3 is 0 Å². The van der Waals surface area contributed by atoms with E-state index in [4.69, 9.17) is 0 Å². The molecule has 5 nitrogen and oxygen atoms in total. The zero-order valence-electron chi connectivity index (χ0n) is 20.9. The van der Waals surface area contributed by atoms with Gasteiger partial charge in [-0.1, -0.05) is 62.1 Å². The Bertz CT molecular complexity index is 1010. The summed E-state index contributed by atoms with van der Waals surface area (Å²) in [6.45, 7) is 8.41. The molecule has 35 heavy (non-hydrogen) atoms. The maximum atomic E-state index is 12.8. The number of rotatable bonds is 12. The molecule has 0 aliphatic heterocycles. The van der Waals surface area contributed by atoms with Crippen LogP contribution in [0.1, 0.15) is 69.4 Å². The highest BCUT2D eigenvalue weighted by atomic mass is 32.1. The van der Waals surface area contributed by atoms with Crippen molar-refractivity contribution in [3.8, 4) is 0 Å². The molecule has 1 heterocycles. The Kier molecular flexibility index (Phi) is 10.4. The van der Waals surface area contributed by atoms with Gasteiger partial charge in [-0.25, -0.2) is 8.78 Å². The van der Waals surface area contributed by atoms with Gasteiger partial charge in [0, 0.05) is 42.8 Å². The smallest absolute Gasteiger partial charge is 0.242 e. The molecule has 1 aliphatic carbocycles. The number of allylic oxidation sites excluding steroid dienone is 3. The monoisotopic (exact) mass is 501 g/mol. The molecule has 0 saturated heterocycles. The van der Waals surface area contributed by atoms with Crippen molar-refractivity contribution in [2.24, 2.45) is 10.9 Å². The molecular formula is C27H37F2N5S. The summed E-state index contributed by atoms with van der Waals surface area (Å²) in [5.74, 6) is 0.528. The highest BCUT2D eigenvalue weighted by molar-refractivity contribution is 7.19. The van der Waals surface area contributed by atoms with Gasteiger partial charge in [-0.3, -0.25) is 4.99 Å². The molecule has 0 radical (unpaired) electrons. The number of nitrogens with one attached hydrogen (secondary N) is 2. The normalized spacial score (nSPS) is 19.8. The number of nitrogens with zero attached hydrogens (tertiary/aromatic N) is 3. The Morgan fingerprint density at radius 2 is 1.94 bits per heavy atom. The van der Waals surface area contributed by atoms with Gasteiger partial charge in [-0.15, -0.1) is 10.2 Å². The lowest BCUT2D eigenvalue weighted by Gasteiger charge is -2.29. The van der Waals surface area contributed by atoms with E-state index in [1.807, 2.05) is 25.2 Å². The summed E-state index contributed by atoms with van der Waals surface area (Å²) < 4.78 is 25.6. The van der Waals surface area contributed by atoms with Crippen molar-refractivity contribution >= 4 is 27.3 Å². The van der Waals surface area contributed by atoms with Crippen LogP contribution in [0.3, 0.4) is 0 Å². The zero-order chi connectivity index (χ0) is 25.2. The van der Waals surface area contributed by atoms with Gasteiger partial charge in [-0.2, -0.15) is 0 Å². The Morgan fingerprint density at radius 3 is 2.60 bits per heavy atom. The topological polar surface area (TPSA) is 62.2 Å². The van der Waals surface area contributed by atoms with Crippen molar-refractivity contribution < 1.29 is 8.78 Å². The van der Waals surface area contributed by atoms with Gasteiger partial charge in [0.1, 0.15) is 0 Å². The van der Waals surface area contributed by atoms with E-state index < -0.39 is 6.43 Å². The Balaban J connectivity index is 1.54. The first kappa shape index (κ1) is 27.0. The van der Waals surface area contributed by atoms with Crippen LogP contribution >= 0.6 is 11.3 Å². The summed E-state index contributed by atoms with van der Waals surface area (Å²) in [5, 5.41) is 16.9. The van der Waals surface area contributed by atoms with Crippen LogP contribution in [-0.4, -0.2) is 35.4 Å². The fourth-order valence-electron chi connectivity index (χ4n) is 4.69. The molecular weight excluding hydrogens is 464 g/mol. The van der Waals surface area contributed by atoms with Crippen molar-refractivity contribution in [1.29, 1.82) is 0 Å². The molecule has 2 N–H and O–H groups in total. The van der Waals surface area contributed by atoms with Gasteiger partial charge in [-0.05, 0) is 55.7 Å². The van der Waals surface area contributed by atoms with Crippen LogP contribution in [0.4, 0.5) is 19.0 Å². The number of hydrogen-bond acceptors (Lipinski definition) is 6. The SMILES string of the molecule is C=C(Nc1nnc(NC2CCC(C(/C=C\CC)=NC)CC2)s1)[C@@H](CC)c1cccc(CC(F)F)c1. The first-order valence-electron chi connectivity index (χ1n) is 12.5. The van der Waals surface area contributed by atoms with E-state index in [2.05, 4.69) is 58.4 Å². The van der Waals surface area contributed by atoms with Crippen LogP contribution in [0.2, 0.25) is 0 Å². The van der Waals surface area contributed by atoms with Crippen molar-refractivity contribution in [3.63, 3.8) is 0 Å². The van der Waals surface area contributed by atoms with Crippen molar-refractivity contribution in [1.82, 2.24) is 10.2 Å². The van der Waals surface area contributed by atoms with Crippen LogP contribution in [0.15, 0.2) is 53.7 Å². The molecule has 1 saturated carbocycles. The van der Waals surface area contributed by atoms with E-state index in [-0.39, 0.29) is 12.3 Å². The molecule has 1 aromatic carbocycles.